The Morgan fingerprint density at radius 2 is 1.32 bits per heavy atom. The molecule has 3 heteroatoms. The van der Waals surface area contributed by atoms with Gasteiger partial charge >= 0.3 is 5.63 Å². The molecule has 1 aliphatic rings. The van der Waals surface area contributed by atoms with Crippen molar-refractivity contribution in [2.24, 2.45) is 0 Å². The lowest BCUT2D eigenvalue weighted by atomic mass is 9.83. The molecule has 2 aromatic carbocycles. The van der Waals surface area contributed by atoms with Crippen molar-refractivity contribution in [3.05, 3.63) is 55.4 Å². The average molecular weight is 376 g/mol. The quantitative estimate of drug-likeness (QED) is 0.365. The van der Waals surface area contributed by atoms with Crippen LogP contribution in [0.3, 0.4) is 0 Å². The van der Waals surface area contributed by atoms with Gasteiger partial charge in [-0.1, -0.05) is 6.08 Å². The number of hydrogen-bond acceptors (Lipinski definition) is 3. The first-order valence-corrected chi connectivity index (χ1v) is 9.94. The molecule has 28 heavy (non-hydrogen) atoms. The first-order chi connectivity index (χ1) is 13.0. The number of hydrogen-bond donors (Lipinski definition) is 1. The molecule has 0 saturated carbocycles. The van der Waals surface area contributed by atoms with Gasteiger partial charge in [-0.15, -0.1) is 0 Å². The van der Waals surface area contributed by atoms with E-state index >= 15 is 0 Å². The summed E-state index contributed by atoms with van der Waals surface area (Å²) in [5.74, 6) is 0. The third kappa shape index (κ3) is 2.32. The van der Waals surface area contributed by atoms with Gasteiger partial charge < -0.3 is 9.73 Å². The standard InChI is InChI=1S/C25H29NO2/c1-11-10-25(8,9)26-22-16(6)15(5)19-20-14(4)12(2)13(3)17(7)23(20)28-24(27)21(19)18(11)22/h10,26H,1-9H3. The Labute approximate surface area is 166 Å². The summed E-state index contributed by atoms with van der Waals surface area (Å²) in [5.41, 5.74) is 10.5. The Balaban J connectivity index is 2.37. The van der Waals surface area contributed by atoms with Crippen LogP contribution < -0.4 is 10.9 Å². The van der Waals surface area contributed by atoms with Crippen LogP contribution in [-0.4, -0.2) is 5.54 Å². The molecule has 0 radical (unpaired) electrons. The summed E-state index contributed by atoms with van der Waals surface area (Å²) in [6.07, 6.45) is 2.20. The SMILES string of the molecule is CC1=CC(C)(C)Nc2c(C)c(C)c3c(c21)c(=O)oc1c(C)c(C)c(C)c(C)c13. The minimum atomic E-state index is -0.248. The second kappa shape index (κ2) is 5.73. The number of anilines is 1. The highest BCUT2D eigenvalue weighted by Crippen LogP contribution is 2.44. The predicted octanol–water partition coefficient (Wildman–Crippen LogP) is 6.40. The molecule has 1 aromatic heterocycles. The normalized spacial score (nSPS) is 15.5. The highest BCUT2D eigenvalue weighted by molar-refractivity contribution is 6.15. The molecule has 0 saturated heterocycles. The maximum Gasteiger partial charge on any atom is 0.344 e. The van der Waals surface area contributed by atoms with Crippen molar-refractivity contribution in [3.63, 3.8) is 0 Å². The van der Waals surface area contributed by atoms with Crippen LogP contribution in [0.1, 0.15) is 59.7 Å². The largest absolute Gasteiger partial charge is 0.422 e. The number of aryl methyl sites for hydroxylation is 3. The van der Waals surface area contributed by atoms with Gasteiger partial charge in [-0.3, -0.25) is 0 Å². The van der Waals surface area contributed by atoms with Crippen LogP contribution in [0, 0.1) is 41.5 Å². The van der Waals surface area contributed by atoms with Gasteiger partial charge in [-0.05, 0) is 101 Å². The summed E-state index contributed by atoms with van der Waals surface area (Å²) in [7, 11) is 0. The van der Waals surface area contributed by atoms with Gasteiger partial charge in [0, 0.05) is 22.0 Å². The molecule has 0 spiro atoms. The second-order valence-electron chi connectivity index (χ2n) is 9.02. The van der Waals surface area contributed by atoms with Gasteiger partial charge in [0.05, 0.1) is 10.9 Å². The minimum absolute atomic E-state index is 0.154. The van der Waals surface area contributed by atoms with E-state index in [1.807, 2.05) is 0 Å². The monoisotopic (exact) mass is 375 g/mol. The molecule has 0 unspecified atom stereocenters. The van der Waals surface area contributed by atoms with Crippen molar-refractivity contribution >= 4 is 33.0 Å². The molecule has 0 fully saturated rings. The predicted molar refractivity (Wildman–Crippen MR) is 120 cm³/mol. The Hall–Kier alpha value is -2.55. The summed E-state index contributed by atoms with van der Waals surface area (Å²) < 4.78 is 5.97. The summed E-state index contributed by atoms with van der Waals surface area (Å²) in [4.78, 5) is 13.3. The van der Waals surface area contributed by atoms with Crippen LogP contribution in [0.5, 0.6) is 0 Å². The first-order valence-electron chi connectivity index (χ1n) is 9.94. The number of benzene rings is 2. The molecule has 146 valence electrons. The fourth-order valence-corrected chi connectivity index (χ4v) is 4.89. The lowest BCUT2D eigenvalue weighted by Gasteiger charge is -2.34. The molecule has 0 atom stereocenters. The van der Waals surface area contributed by atoms with Gasteiger partial charge in [0.15, 0.2) is 0 Å². The summed E-state index contributed by atoms with van der Waals surface area (Å²) >= 11 is 0. The van der Waals surface area contributed by atoms with Gasteiger partial charge in [0.2, 0.25) is 0 Å². The van der Waals surface area contributed by atoms with Crippen molar-refractivity contribution in [2.45, 2.75) is 67.9 Å². The number of rotatable bonds is 0. The second-order valence-corrected chi connectivity index (χ2v) is 9.02. The van der Waals surface area contributed by atoms with Gasteiger partial charge in [0.25, 0.3) is 0 Å². The van der Waals surface area contributed by atoms with E-state index in [0.717, 1.165) is 44.3 Å². The molecule has 3 nitrogen and oxygen atoms in total. The molecule has 1 aliphatic heterocycles. The lowest BCUT2D eigenvalue weighted by Crippen LogP contribution is -2.32. The fraction of sp³-hybridized carbons (Fsp3) is 0.400. The Morgan fingerprint density at radius 3 is 1.96 bits per heavy atom. The molecule has 0 aliphatic carbocycles. The van der Waals surface area contributed by atoms with E-state index in [1.54, 1.807) is 0 Å². The van der Waals surface area contributed by atoms with E-state index < -0.39 is 0 Å². The number of fused-ring (bicyclic) bond motifs is 5. The molecule has 4 rings (SSSR count). The number of nitrogens with one attached hydrogen (secondary N) is 1. The number of allylic oxidation sites excluding steroid dienone is 1. The summed E-state index contributed by atoms with van der Waals surface area (Å²) in [5, 5.41) is 6.46. The first kappa shape index (κ1) is 18.8. The van der Waals surface area contributed by atoms with Crippen LogP contribution in [0.2, 0.25) is 0 Å². The zero-order valence-corrected chi connectivity index (χ0v) is 18.4. The van der Waals surface area contributed by atoms with Crippen molar-refractivity contribution in [3.8, 4) is 0 Å². The molecule has 2 heterocycles. The van der Waals surface area contributed by atoms with Crippen LogP contribution in [-0.2, 0) is 0 Å². The molecule has 3 aromatic rings. The summed E-state index contributed by atoms with van der Waals surface area (Å²) in [6, 6.07) is 0. The van der Waals surface area contributed by atoms with E-state index in [2.05, 4.69) is 73.7 Å². The highest BCUT2D eigenvalue weighted by atomic mass is 16.4. The Kier molecular flexibility index (Phi) is 3.85. The fourth-order valence-electron chi connectivity index (χ4n) is 4.89. The Bertz CT molecular complexity index is 1290. The molecule has 0 bridgehead atoms. The molecule has 1 N–H and O–H groups in total. The molecule has 0 amide bonds. The van der Waals surface area contributed by atoms with Gasteiger partial charge in [-0.25, -0.2) is 4.79 Å². The average Bonchev–Trinajstić information content (AvgIpc) is 2.61. The van der Waals surface area contributed by atoms with Crippen molar-refractivity contribution in [1.82, 2.24) is 0 Å². The van der Waals surface area contributed by atoms with E-state index in [-0.39, 0.29) is 11.2 Å². The molecular weight excluding hydrogens is 346 g/mol. The van der Waals surface area contributed by atoms with E-state index in [0.29, 0.717) is 5.39 Å². The third-order valence-corrected chi connectivity index (χ3v) is 6.76. The van der Waals surface area contributed by atoms with Crippen molar-refractivity contribution in [2.75, 3.05) is 5.32 Å². The van der Waals surface area contributed by atoms with Crippen LogP contribution in [0.4, 0.5) is 5.69 Å². The maximum atomic E-state index is 13.3. The zero-order valence-electron chi connectivity index (χ0n) is 18.4. The Morgan fingerprint density at radius 1 is 0.750 bits per heavy atom. The molecular formula is C25H29NO2. The highest BCUT2D eigenvalue weighted by Gasteiger charge is 2.29. The van der Waals surface area contributed by atoms with Gasteiger partial charge in [-0.2, -0.15) is 0 Å². The topological polar surface area (TPSA) is 42.2 Å². The third-order valence-electron chi connectivity index (χ3n) is 6.76. The van der Waals surface area contributed by atoms with E-state index in [9.17, 15) is 4.79 Å². The van der Waals surface area contributed by atoms with E-state index in [4.69, 9.17) is 4.42 Å². The zero-order chi connectivity index (χ0) is 20.7. The smallest absolute Gasteiger partial charge is 0.344 e. The van der Waals surface area contributed by atoms with Gasteiger partial charge in [0.1, 0.15) is 5.58 Å². The van der Waals surface area contributed by atoms with E-state index in [1.165, 1.54) is 22.3 Å². The summed E-state index contributed by atoms with van der Waals surface area (Å²) in [6.45, 7) is 19.1. The lowest BCUT2D eigenvalue weighted by molar-refractivity contribution is 0.566. The van der Waals surface area contributed by atoms with Crippen LogP contribution in [0.15, 0.2) is 15.3 Å². The van der Waals surface area contributed by atoms with Crippen molar-refractivity contribution < 1.29 is 4.42 Å². The maximum absolute atomic E-state index is 13.3. The van der Waals surface area contributed by atoms with Crippen molar-refractivity contribution in [1.29, 1.82) is 0 Å². The van der Waals surface area contributed by atoms with Crippen LogP contribution in [0.25, 0.3) is 27.3 Å². The minimum Gasteiger partial charge on any atom is -0.422 e. The van der Waals surface area contributed by atoms with Crippen LogP contribution >= 0.6 is 0 Å².